The van der Waals surface area contributed by atoms with Crippen molar-refractivity contribution in [3.8, 4) is 0 Å². The Morgan fingerprint density at radius 1 is 1.22 bits per heavy atom. The molecule has 0 saturated heterocycles. The molecule has 0 amide bonds. The molecule has 6 heteroatoms. The lowest BCUT2D eigenvalue weighted by Crippen LogP contribution is -2.15. The van der Waals surface area contributed by atoms with Crippen molar-refractivity contribution in [3.63, 3.8) is 0 Å². The Labute approximate surface area is 122 Å². The molecule has 0 fully saturated rings. The highest BCUT2D eigenvalue weighted by molar-refractivity contribution is 9.10. The van der Waals surface area contributed by atoms with Crippen molar-refractivity contribution >= 4 is 39.1 Å². The molecule has 1 aromatic carbocycles. The first-order valence-corrected chi connectivity index (χ1v) is 6.56. The van der Waals surface area contributed by atoms with Gasteiger partial charge in [0.05, 0.1) is 21.8 Å². The Bertz CT molecular complexity index is 575. The summed E-state index contributed by atoms with van der Waals surface area (Å²) in [5, 5.41) is 0.511. The molecule has 1 unspecified atom stereocenters. The van der Waals surface area contributed by atoms with Gasteiger partial charge in [-0.2, -0.15) is 0 Å². The summed E-state index contributed by atoms with van der Waals surface area (Å²) in [5.74, 6) is -0.546. The van der Waals surface area contributed by atoms with Gasteiger partial charge >= 0.3 is 0 Å². The van der Waals surface area contributed by atoms with Crippen LogP contribution in [0.25, 0.3) is 0 Å². The molecule has 2 aromatic rings. The second-order valence-corrected chi connectivity index (χ2v) is 5.31. The zero-order chi connectivity index (χ0) is 13.3. The van der Waals surface area contributed by atoms with Gasteiger partial charge in [0.1, 0.15) is 5.82 Å². The summed E-state index contributed by atoms with van der Waals surface area (Å²) in [6.45, 7) is 0. The molecule has 1 aromatic heterocycles. The monoisotopic (exact) mass is 348 g/mol. The van der Waals surface area contributed by atoms with E-state index in [2.05, 4.69) is 20.9 Å². The topological polar surface area (TPSA) is 38.9 Å². The highest BCUT2D eigenvalue weighted by Crippen LogP contribution is 2.31. The molecule has 94 valence electrons. The van der Waals surface area contributed by atoms with Gasteiger partial charge in [-0.3, -0.25) is 4.98 Å². The van der Waals surface area contributed by atoms with Crippen molar-refractivity contribution in [3.05, 3.63) is 62.1 Å². The van der Waals surface area contributed by atoms with Crippen LogP contribution in [0.15, 0.2) is 34.9 Å². The molecule has 2 rings (SSSR count). The number of rotatable bonds is 2. The number of nitrogens with two attached hydrogens (primary N) is 1. The van der Waals surface area contributed by atoms with Crippen molar-refractivity contribution in [2.75, 3.05) is 0 Å². The fraction of sp³-hybridized carbons (Fsp3) is 0.0833. The Kier molecular flexibility index (Phi) is 4.22. The number of hydrogen-bond donors (Lipinski definition) is 1. The van der Waals surface area contributed by atoms with Gasteiger partial charge in [0.2, 0.25) is 0 Å². The maximum absolute atomic E-state index is 14.0. The number of hydrogen-bond acceptors (Lipinski definition) is 2. The third kappa shape index (κ3) is 2.67. The molecule has 0 radical (unpaired) electrons. The molecule has 2 nitrogen and oxygen atoms in total. The van der Waals surface area contributed by atoms with Crippen LogP contribution in [0.3, 0.4) is 0 Å². The van der Waals surface area contributed by atoms with E-state index in [1.165, 1.54) is 6.20 Å². The van der Waals surface area contributed by atoms with Crippen molar-refractivity contribution in [1.82, 2.24) is 4.98 Å². The van der Waals surface area contributed by atoms with Crippen LogP contribution in [-0.2, 0) is 0 Å². The van der Waals surface area contributed by atoms with E-state index in [9.17, 15) is 4.39 Å². The first-order chi connectivity index (χ1) is 8.50. The minimum absolute atomic E-state index is 0.0110. The van der Waals surface area contributed by atoms with Crippen LogP contribution in [0.1, 0.15) is 17.3 Å². The lowest BCUT2D eigenvalue weighted by Gasteiger charge is -2.13. The molecular formula is C12H8BrCl2FN2. The second kappa shape index (κ2) is 5.53. The van der Waals surface area contributed by atoms with Gasteiger partial charge < -0.3 is 5.73 Å². The van der Waals surface area contributed by atoms with Gasteiger partial charge in [-0.1, -0.05) is 29.3 Å². The van der Waals surface area contributed by atoms with Crippen molar-refractivity contribution < 1.29 is 4.39 Å². The minimum atomic E-state index is -0.687. The molecule has 0 saturated carbocycles. The molecule has 2 N–H and O–H groups in total. The fourth-order valence-electron chi connectivity index (χ4n) is 1.51. The minimum Gasteiger partial charge on any atom is -0.319 e. The molecule has 0 aliphatic heterocycles. The van der Waals surface area contributed by atoms with Crippen LogP contribution in [-0.4, -0.2) is 4.98 Å². The highest BCUT2D eigenvalue weighted by atomic mass is 79.9. The highest BCUT2D eigenvalue weighted by Gasteiger charge is 2.18. The predicted molar refractivity (Wildman–Crippen MR) is 74.4 cm³/mol. The second-order valence-electron chi connectivity index (χ2n) is 3.64. The standard InChI is InChI=1S/C12H8BrCl2FN2/c13-8-3-2-7(11(16)10(8)15)12(17)9-4-1-6(14)5-18-9/h1-5,12H,17H2. The summed E-state index contributed by atoms with van der Waals surface area (Å²) in [4.78, 5) is 4.07. The zero-order valence-electron chi connectivity index (χ0n) is 9.00. The number of aromatic nitrogens is 1. The van der Waals surface area contributed by atoms with Gasteiger partial charge in [-0.05, 0) is 34.1 Å². The quantitative estimate of drug-likeness (QED) is 0.819. The average molecular weight is 350 g/mol. The van der Waals surface area contributed by atoms with Crippen molar-refractivity contribution in [2.45, 2.75) is 6.04 Å². The Morgan fingerprint density at radius 3 is 2.56 bits per heavy atom. The van der Waals surface area contributed by atoms with Crippen molar-refractivity contribution in [2.24, 2.45) is 5.73 Å². The molecular weight excluding hydrogens is 342 g/mol. The summed E-state index contributed by atoms with van der Waals surface area (Å²) >= 11 is 14.7. The molecule has 1 heterocycles. The van der Waals surface area contributed by atoms with Crippen LogP contribution < -0.4 is 5.73 Å². The van der Waals surface area contributed by atoms with Crippen LogP contribution in [0.5, 0.6) is 0 Å². The van der Waals surface area contributed by atoms with Crippen LogP contribution in [0.2, 0.25) is 10.0 Å². The molecule has 0 bridgehead atoms. The van der Waals surface area contributed by atoms with Crippen LogP contribution in [0.4, 0.5) is 4.39 Å². The van der Waals surface area contributed by atoms with Gasteiger partial charge in [0, 0.05) is 16.2 Å². The van der Waals surface area contributed by atoms with Crippen LogP contribution >= 0.6 is 39.1 Å². The average Bonchev–Trinajstić information content (AvgIpc) is 2.36. The summed E-state index contributed by atoms with van der Waals surface area (Å²) < 4.78 is 14.5. The Morgan fingerprint density at radius 2 is 1.94 bits per heavy atom. The molecule has 0 spiro atoms. The largest absolute Gasteiger partial charge is 0.319 e. The van der Waals surface area contributed by atoms with E-state index in [-0.39, 0.29) is 10.6 Å². The van der Waals surface area contributed by atoms with Crippen LogP contribution in [0, 0.1) is 5.82 Å². The third-order valence-corrected chi connectivity index (χ3v) is 3.95. The summed E-state index contributed by atoms with van der Waals surface area (Å²) in [6, 6.07) is 5.85. The molecule has 1 atom stereocenters. The van der Waals surface area contributed by atoms with E-state index in [1.807, 2.05) is 0 Å². The third-order valence-electron chi connectivity index (χ3n) is 2.47. The number of pyridine rings is 1. The maximum Gasteiger partial charge on any atom is 0.148 e. The maximum atomic E-state index is 14.0. The van der Waals surface area contributed by atoms with E-state index in [0.717, 1.165) is 0 Å². The zero-order valence-corrected chi connectivity index (χ0v) is 12.1. The lowest BCUT2D eigenvalue weighted by atomic mass is 10.0. The van der Waals surface area contributed by atoms with Crippen molar-refractivity contribution in [1.29, 1.82) is 0 Å². The normalized spacial score (nSPS) is 12.5. The summed E-state index contributed by atoms with van der Waals surface area (Å²) in [7, 11) is 0. The lowest BCUT2D eigenvalue weighted by molar-refractivity contribution is 0.597. The summed E-state index contributed by atoms with van der Waals surface area (Å²) in [6.07, 6.45) is 1.47. The fourth-order valence-corrected chi connectivity index (χ4v) is 2.10. The number of halogens is 4. The smallest absolute Gasteiger partial charge is 0.148 e. The van der Waals surface area contributed by atoms with Gasteiger partial charge in [-0.15, -0.1) is 0 Å². The summed E-state index contributed by atoms with van der Waals surface area (Å²) in [5.41, 5.74) is 6.78. The van der Waals surface area contributed by atoms with E-state index < -0.39 is 11.9 Å². The van der Waals surface area contributed by atoms with Gasteiger partial charge in [-0.25, -0.2) is 4.39 Å². The predicted octanol–water partition coefficient (Wildman–Crippen LogP) is 4.34. The van der Waals surface area contributed by atoms with Gasteiger partial charge in [0.15, 0.2) is 0 Å². The molecule has 18 heavy (non-hydrogen) atoms. The van der Waals surface area contributed by atoms with Gasteiger partial charge in [0.25, 0.3) is 0 Å². The van der Waals surface area contributed by atoms with E-state index in [1.54, 1.807) is 24.3 Å². The first-order valence-electron chi connectivity index (χ1n) is 5.01. The number of nitrogens with zero attached hydrogens (tertiary/aromatic N) is 1. The van der Waals surface area contributed by atoms with E-state index >= 15 is 0 Å². The first kappa shape index (κ1) is 13.7. The van der Waals surface area contributed by atoms with E-state index in [0.29, 0.717) is 15.2 Å². The molecule has 0 aliphatic carbocycles. The Balaban J connectivity index is 2.43. The van der Waals surface area contributed by atoms with E-state index in [4.69, 9.17) is 28.9 Å². The molecule has 0 aliphatic rings. The Hall–Kier alpha value is -0.680. The SMILES string of the molecule is NC(c1ccc(Cl)cn1)c1ccc(Br)c(Cl)c1F. The number of benzene rings is 1.